The first kappa shape index (κ1) is 23.5. The number of thioether (sulfide) groups is 1. The molecule has 1 aromatic carbocycles. The predicted molar refractivity (Wildman–Crippen MR) is 117 cm³/mol. The first-order valence-electron chi connectivity index (χ1n) is 9.00. The number of hydrogen-bond donors (Lipinski definition) is 1. The van der Waals surface area contributed by atoms with Crippen molar-refractivity contribution in [2.75, 3.05) is 5.75 Å². The van der Waals surface area contributed by atoms with Gasteiger partial charge in [0, 0.05) is 16.7 Å². The van der Waals surface area contributed by atoms with Gasteiger partial charge in [0.25, 0.3) is 5.72 Å². The lowest BCUT2D eigenvalue weighted by atomic mass is 9.68. The Balaban J connectivity index is 2.33. The molecule has 0 spiro atoms. The molecule has 2 heterocycles. The Morgan fingerprint density at radius 3 is 2.65 bits per heavy atom. The molecule has 0 aliphatic carbocycles. The van der Waals surface area contributed by atoms with E-state index in [0.29, 0.717) is 0 Å². The smallest absolute Gasteiger partial charge is 0.362 e. The molecule has 1 N–H and O–H groups in total. The molecule has 1 unspecified atom stereocenters. The van der Waals surface area contributed by atoms with Crippen LogP contribution in [0.2, 0.25) is 5.02 Å². The van der Waals surface area contributed by atoms with Crippen LogP contribution in [0.1, 0.15) is 21.2 Å². The van der Waals surface area contributed by atoms with Crippen LogP contribution in [0.25, 0.3) is 0 Å². The first-order valence-corrected chi connectivity index (χ1v) is 11.2. The van der Waals surface area contributed by atoms with Gasteiger partial charge in [-0.3, -0.25) is 4.79 Å². The van der Waals surface area contributed by atoms with Gasteiger partial charge < -0.3 is 5.11 Å². The molecular weight excluding hydrogens is 469 g/mol. The Morgan fingerprint density at radius 1 is 1.39 bits per heavy atom. The molecule has 0 amide bonds. The quantitative estimate of drug-likeness (QED) is 0.436. The maximum absolute atomic E-state index is 14.2. The Morgan fingerprint density at radius 2 is 2.10 bits per heavy atom. The van der Waals surface area contributed by atoms with E-state index in [1.54, 1.807) is 17.5 Å². The van der Waals surface area contributed by atoms with Crippen LogP contribution in [-0.4, -0.2) is 33.6 Å². The molecule has 1 aromatic heterocycles. The van der Waals surface area contributed by atoms with Crippen molar-refractivity contribution in [1.29, 1.82) is 5.26 Å². The molecule has 1 aliphatic rings. The molecule has 162 valence electrons. The third-order valence-electron chi connectivity index (χ3n) is 4.91. The number of nitriles is 1. The first-order chi connectivity index (χ1) is 14.7. The number of alkyl halides is 3. The lowest BCUT2D eigenvalue weighted by Crippen LogP contribution is -2.59. The number of hydrogen-bond acceptors (Lipinski definition) is 6. The van der Waals surface area contributed by atoms with Crippen molar-refractivity contribution in [1.82, 2.24) is 0 Å². The number of rotatable bonds is 5. The number of carbonyl (C=O) groups is 1. The summed E-state index contributed by atoms with van der Waals surface area (Å²) in [6.07, 6.45) is -3.83. The van der Waals surface area contributed by atoms with Crippen LogP contribution in [0.4, 0.5) is 13.2 Å². The van der Waals surface area contributed by atoms with Gasteiger partial charge in [0.1, 0.15) is 5.92 Å². The summed E-state index contributed by atoms with van der Waals surface area (Å²) in [5.41, 5.74) is -3.56. The van der Waals surface area contributed by atoms with E-state index in [1.165, 1.54) is 30.3 Å². The summed E-state index contributed by atoms with van der Waals surface area (Å²) in [6, 6.07) is 11.0. The average Bonchev–Trinajstić information content (AvgIpc) is 3.26. The minimum atomic E-state index is -5.27. The Labute approximate surface area is 190 Å². The lowest BCUT2D eigenvalue weighted by Gasteiger charge is -2.44. The molecule has 0 saturated heterocycles. The highest BCUT2D eigenvalue weighted by Crippen LogP contribution is 2.53. The van der Waals surface area contributed by atoms with Gasteiger partial charge in [-0.15, -0.1) is 29.7 Å². The molecule has 0 radical (unpaired) electrons. The monoisotopic (exact) mass is 484 g/mol. The number of Topliss-reactive ketones (excluding diaryl/α,β-unsaturated/α-hetero) is 1. The maximum atomic E-state index is 14.2. The zero-order valence-corrected chi connectivity index (χ0v) is 18.2. The zero-order chi connectivity index (χ0) is 22.8. The van der Waals surface area contributed by atoms with E-state index in [-0.39, 0.29) is 26.3 Å². The molecule has 1 aliphatic heterocycles. The number of nitrogens with zero attached hydrogens (tertiary/aromatic N) is 2. The highest BCUT2D eigenvalue weighted by Gasteiger charge is 2.67. The fourth-order valence-corrected chi connectivity index (χ4v) is 5.40. The number of carbonyl (C=O) groups excluding carboxylic acids is 1. The van der Waals surface area contributed by atoms with Crippen molar-refractivity contribution in [3.63, 3.8) is 0 Å². The van der Waals surface area contributed by atoms with E-state index in [9.17, 15) is 28.3 Å². The summed E-state index contributed by atoms with van der Waals surface area (Å²) in [7, 11) is 0. The van der Waals surface area contributed by atoms with E-state index in [2.05, 4.69) is 11.6 Å². The molecule has 10 heteroatoms. The van der Waals surface area contributed by atoms with Gasteiger partial charge >= 0.3 is 6.18 Å². The van der Waals surface area contributed by atoms with E-state index in [4.69, 9.17) is 11.6 Å². The highest BCUT2D eigenvalue weighted by molar-refractivity contribution is 8.14. The number of aliphatic imine (C=N–C) groups is 1. The van der Waals surface area contributed by atoms with Gasteiger partial charge in [-0.2, -0.15) is 18.4 Å². The van der Waals surface area contributed by atoms with Crippen LogP contribution in [0.3, 0.4) is 0 Å². The van der Waals surface area contributed by atoms with Gasteiger partial charge in [0.2, 0.25) is 0 Å². The second kappa shape index (κ2) is 9.17. The number of halogens is 4. The van der Waals surface area contributed by atoms with Crippen molar-refractivity contribution in [3.8, 4) is 6.07 Å². The standard InChI is InChI=1S/C21H16ClF3N2O2S2/c1-2-9-31-19-13(11-26)16(12-6-3-4-7-14(12)22)17(18(28)15-8-5-10-30-15)20(29,27-19)21(23,24)25/h2-8,10,13,16-17,29H,1,9H2/t13?,16-,17-,20-/m0/s1. The molecule has 0 saturated carbocycles. The fraction of sp³-hybridized carbons (Fsp3) is 0.286. The van der Waals surface area contributed by atoms with Crippen molar-refractivity contribution in [2.45, 2.75) is 17.8 Å². The summed E-state index contributed by atoms with van der Waals surface area (Å²) in [5, 5.41) is 22.2. The van der Waals surface area contributed by atoms with Crippen molar-refractivity contribution >= 4 is 45.5 Å². The van der Waals surface area contributed by atoms with Crippen LogP contribution in [-0.2, 0) is 0 Å². The number of benzene rings is 1. The summed E-state index contributed by atoms with van der Waals surface area (Å²) in [4.78, 5) is 16.9. The van der Waals surface area contributed by atoms with Crippen molar-refractivity contribution < 1.29 is 23.1 Å². The largest absolute Gasteiger partial charge is 0.439 e. The highest BCUT2D eigenvalue weighted by atomic mass is 35.5. The summed E-state index contributed by atoms with van der Waals surface area (Å²) < 4.78 is 42.7. The van der Waals surface area contributed by atoms with Crippen LogP contribution in [0.5, 0.6) is 0 Å². The zero-order valence-electron chi connectivity index (χ0n) is 15.8. The van der Waals surface area contributed by atoms with Crippen LogP contribution < -0.4 is 0 Å². The van der Waals surface area contributed by atoms with E-state index in [1.807, 2.05) is 6.07 Å². The normalized spacial score (nSPS) is 26.1. The molecule has 31 heavy (non-hydrogen) atoms. The third-order valence-corrected chi connectivity index (χ3v) is 7.19. The molecule has 2 aromatic rings. The summed E-state index contributed by atoms with van der Waals surface area (Å²) in [6.45, 7) is 3.53. The molecule has 0 bridgehead atoms. The van der Waals surface area contributed by atoms with E-state index in [0.717, 1.165) is 23.1 Å². The molecule has 4 nitrogen and oxygen atoms in total. The van der Waals surface area contributed by atoms with Crippen LogP contribution >= 0.6 is 34.7 Å². The maximum Gasteiger partial charge on any atom is 0.439 e. The van der Waals surface area contributed by atoms with Crippen LogP contribution in [0, 0.1) is 23.2 Å². The van der Waals surface area contributed by atoms with Crippen molar-refractivity contribution in [3.05, 3.63) is 69.9 Å². The molecule has 4 atom stereocenters. The molecule has 0 fully saturated rings. The summed E-state index contributed by atoms with van der Waals surface area (Å²) in [5.74, 6) is -5.46. The summed E-state index contributed by atoms with van der Waals surface area (Å²) >= 11 is 8.10. The van der Waals surface area contributed by atoms with Gasteiger partial charge in [0.05, 0.1) is 21.9 Å². The van der Waals surface area contributed by atoms with E-state index >= 15 is 0 Å². The van der Waals surface area contributed by atoms with Crippen LogP contribution in [0.15, 0.2) is 59.4 Å². The van der Waals surface area contributed by atoms with Gasteiger partial charge in [-0.25, -0.2) is 4.99 Å². The molecule has 3 rings (SSSR count). The second-order valence-corrected chi connectivity index (χ2v) is 9.14. The predicted octanol–water partition coefficient (Wildman–Crippen LogP) is 5.71. The second-order valence-electron chi connectivity index (χ2n) is 6.75. The average molecular weight is 485 g/mol. The number of ketones is 1. The Kier molecular flexibility index (Phi) is 6.96. The molecular formula is C21H16ClF3N2O2S2. The number of thiophene rings is 1. The number of aliphatic hydroxyl groups is 1. The fourth-order valence-electron chi connectivity index (χ4n) is 3.57. The Bertz CT molecular complexity index is 1050. The van der Waals surface area contributed by atoms with Crippen molar-refractivity contribution in [2.24, 2.45) is 16.8 Å². The van der Waals surface area contributed by atoms with Gasteiger partial charge in [-0.05, 0) is 23.1 Å². The third kappa shape index (κ3) is 4.30. The Hall–Kier alpha value is -2.12. The topological polar surface area (TPSA) is 73.5 Å². The minimum absolute atomic E-state index is 0.0267. The van der Waals surface area contributed by atoms with E-state index < -0.39 is 35.4 Å². The minimum Gasteiger partial charge on any atom is -0.362 e. The lowest BCUT2D eigenvalue weighted by molar-refractivity contribution is -0.274. The van der Waals surface area contributed by atoms with Gasteiger partial charge in [0.15, 0.2) is 5.78 Å². The van der Waals surface area contributed by atoms with Gasteiger partial charge in [-0.1, -0.05) is 41.9 Å². The SMILES string of the molecule is C=CCSC1=N[C@@](O)(C(F)(F)F)[C@H](C(=O)c2cccs2)[C@@H](c2ccccc2Cl)C1C#N.